The lowest BCUT2D eigenvalue weighted by Gasteiger charge is -2.42. The van der Waals surface area contributed by atoms with Gasteiger partial charge >= 0.3 is 0 Å². The summed E-state index contributed by atoms with van der Waals surface area (Å²) in [5, 5.41) is 0. The number of likely N-dealkylation sites (tertiary alicyclic amines) is 1. The third-order valence-electron chi connectivity index (χ3n) is 3.35. The molecular formula is C11H22N2O2. The molecule has 1 rings (SSSR count). The van der Waals surface area contributed by atoms with Crippen LogP contribution in [0.2, 0.25) is 0 Å². The second-order valence-electron chi connectivity index (χ2n) is 4.43. The van der Waals surface area contributed by atoms with Gasteiger partial charge in [-0.05, 0) is 39.2 Å². The fourth-order valence-corrected chi connectivity index (χ4v) is 2.21. The van der Waals surface area contributed by atoms with E-state index in [4.69, 9.17) is 10.5 Å². The van der Waals surface area contributed by atoms with E-state index in [0.717, 1.165) is 45.4 Å². The molecule has 0 spiro atoms. The molecule has 1 amide bonds. The number of carbonyl (C=O) groups is 1. The monoisotopic (exact) mass is 214 g/mol. The molecule has 0 aromatic rings. The maximum absolute atomic E-state index is 11.5. The summed E-state index contributed by atoms with van der Waals surface area (Å²) in [6.45, 7) is 4.57. The number of hydrogen-bond acceptors (Lipinski definition) is 3. The first-order valence-corrected chi connectivity index (χ1v) is 5.65. The van der Waals surface area contributed by atoms with Crippen molar-refractivity contribution >= 4 is 5.91 Å². The Bertz CT molecular complexity index is 221. The zero-order valence-electron chi connectivity index (χ0n) is 9.79. The van der Waals surface area contributed by atoms with Crippen LogP contribution < -0.4 is 5.73 Å². The summed E-state index contributed by atoms with van der Waals surface area (Å²) in [7, 11) is 1.70. The summed E-state index contributed by atoms with van der Waals surface area (Å²) < 4.78 is 5.02. The first-order chi connectivity index (χ1) is 7.11. The van der Waals surface area contributed by atoms with Crippen molar-refractivity contribution in [2.75, 3.05) is 26.8 Å². The smallest absolute Gasteiger partial charge is 0.237 e. The van der Waals surface area contributed by atoms with Gasteiger partial charge in [0.05, 0.1) is 5.54 Å². The van der Waals surface area contributed by atoms with Gasteiger partial charge in [0.2, 0.25) is 5.91 Å². The van der Waals surface area contributed by atoms with Crippen LogP contribution in [0, 0.1) is 0 Å². The lowest BCUT2D eigenvalue weighted by atomic mass is 9.87. The van der Waals surface area contributed by atoms with Crippen LogP contribution in [0.4, 0.5) is 0 Å². The molecule has 0 aromatic carbocycles. The topological polar surface area (TPSA) is 55.6 Å². The Hall–Kier alpha value is -0.610. The van der Waals surface area contributed by atoms with Crippen LogP contribution in [-0.4, -0.2) is 43.2 Å². The van der Waals surface area contributed by atoms with Crippen LogP contribution in [-0.2, 0) is 9.53 Å². The number of amides is 1. The van der Waals surface area contributed by atoms with Gasteiger partial charge < -0.3 is 10.5 Å². The molecule has 0 aliphatic carbocycles. The van der Waals surface area contributed by atoms with Crippen LogP contribution in [0.15, 0.2) is 0 Å². The van der Waals surface area contributed by atoms with Crippen molar-refractivity contribution in [3.05, 3.63) is 0 Å². The quantitative estimate of drug-likeness (QED) is 0.687. The van der Waals surface area contributed by atoms with E-state index in [0.29, 0.717) is 0 Å². The fraction of sp³-hybridized carbons (Fsp3) is 0.909. The number of carbonyl (C=O) groups excluding carboxylic acids is 1. The summed E-state index contributed by atoms with van der Waals surface area (Å²) in [5.41, 5.74) is 5.05. The van der Waals surface area contributed by atoms with Gasteiger partial charge in [0.15, 0.2) is 0 Å². The molecule has 15 heavy (non-hydrogen) atoms. The molecule has 2 N–H and O–H groups in total. The highest BCUT2D eigenvalue weighted by molar-refractivity contribution is 5.84. The molecule has 1 aliphatic heterocycles. The molecule has 0 saturated carbocycles. The van der Waals surface area contributed by atoms with E-state index in [1.54, 1.807) is 7.11 Å². The summed E-state index contributed by atoms with van der Waals surface area (Å²) in [5.74, 6) is -0.195. The van der Waals surface area contributed by atoms with Gasteiger partial charge in [-0.15, -0.1) is 0 Å². The minimum absolute atomic E-state index is 0.195. The van der Waals surface area contributed by atoms with Crippen molar-refractivity contribution in [3.63, 3.8) is 0 Å². The maximum atomic E-state index is 11.5. The van der Waals surface area contributed by atoms with Crippen molar-refractivity contribution < 1.29 is 9.53 Å². The molecule has 1 saturated heterocycles. The Balaban J connectivity index is 2.53. The highest BCUT2D eigenvalue weighted by Gasteiger charge is 2.38. The molecule has 1 atom stereocenters. The van der Waals surface area contributed by atoms with Crippen LogP contribution in [0.1, 0.15) is 32.6 Å². The van der Waals surface area contributed by atoms with E-state index in [2.05, 4.69) is 4.90 Å². The fourth-order valence-electron chi connectivity index (χ4n) is 2.21. The molecule has 88 valence electrons. The van der Waals surface area contributed by atoms with Gasteiger partial charge in [-0.25, -0.2) is 0 Å². The highest BCUT2D eigenvalue weighted by atomic mass is 16.5. The number of piperidine rings is 1. The average Bonchev–Trinajstić information content (AvgIpc) is 2.21. The van der Waals surface area contributed by atoms with Crippen LogP contribution in [0.3, 0.4) is 0 Å². The molecule has 0 aromatic heterocycles. The highest BCUT2D eigenvalue weighted by Crippen LogP contribution is 2.27. The molecular weight excluding hydrogens is 192 g/mol. The number of methoxy groups -OCH3 is 1. The predicted octanol–water partition coefficient (Wildman–Crippen LogP) is 0.753. The molecule has 4 heteroatoms. The Kier molecular flexibility index (Phi) is 4.54. The second kappa shape index (κ2) is 5.47. The first-order valence-electron chi connectivity index (χ1n) is 5.65. The number of hydrogen-bond donors (Lipinski definition) is 1. The Morgan fingerprint density at radius 2 is 2.27 bits per heavy atom. The number of nitrogens with zero attached hydrogens (tertiary/aromatic N) is 1. The van der Waals surface area contributed by atoms with E-state index >= 15 is 0 Å². The minimum atomic E-state index is -0.439. The van der Waals surface area contributed by atoms with Gasteiger partial charge in [-0.2, -0.15) is 0 Å². The summed E-state index contributed by atoms with van der Waals surface area (Å²) in [6, 6.07) is 0. The number of primary amides is 1. The molecule has 1 fully saturated rings. The minimum Gasteiger partial charge on any atom is -0.385 e. The van der Waals surface area contributed by atoms with E-state index in [1.807, 2.05) is 6.92 Å². The SMILES string of the molecule is COCCCN1CCCC[C@]1(C)C(N)=O. The average molecular weight is 214 g/mol. The summed E-state index contributed by atoms with van der Waals surface area (Å²) in [6.07, 6.45) is 4.10. The molecule has 4 nitrogen and oxygen atoms in total. The third kappa shape index (κ3) is 2.92. The van der Waals surface area contributed by atoms with Crippen molar-refractivity contribution in [2.24, 2.45) is 5.73 Å². The van der Waals surface area contributed by atoms with Crippen molar-refractivity contribution in [3.8, 4) is 0 Å². The number of nitrogens with two attached hydrogens (primary N) is 1. The van der Waals surface area contributed by atoms with E-state index < -0.39 is 5.54 Å². The molecule has 1 heterocycles. The summed E-state index contributed by atoms with van der Waals surface area (Å²) >= 11 is 0. The normalized spacial score (nSPS) is 27.9. The zero-order valence-corrected chi connectivity index (χ0v) is 9.79. The lowest BCUT2D eigenvalue weighted by Crippen LogP contribution is -2.58. The van der Waals surface area contributed by atoms with E-state index in [9.17, 15) is 4.79 Å². The first kappa shape index (κ1) is 12.5. The molecule has 0 unspecified atom stereocenters. The maximum Gasteiger partial charge on any atom is 0.237 e. The largest absolute Gasteiger partial charge is 0.385 e. The third-order valence-corrected chi connectivity index (χ3v) is 3.35. The van der Waals surface area contributed by atoms with Gasteiger partial charge in [0, 0.05) is 20.3 Å². The van der Waals surface area contributed by atoms with Gasteiger partial charge in [-0.3, -0.25) is 9.69 Å². The van der Waals surface area contributed by atoms with Crippen molar-refractivity contribution in [1.82, 2.24) is 4.90 Å². The molecule has 0 bridgehead atoms. The standard InChI is InChI=1S/C11H22N2O2/c1-11(10(12)14)6-3-4-7-13(11)8-5-9-15-2/h3-9H2,1-2H3,(H2,12,14)/t11-/m1/s1. The summed E-state index contributed by atoms with van der Waals surface area (Å²) in [4.78, 5) is 13.7. The molecule has 0 radical (unpaired) electrons. The van der Waals surface area contributed by atoms with Crippen LogP contribution >= 0.6 is 0 Å². The predicted molar refractivity (Wildman–Crippen MR) is 59.5 cm³/mol. The zero-order chi connectivity index (χ0) is 11.3. The number of rotatable bonds is 5. The van der Waals surface area contributed by atoms with E-state index in [1.165, 1.54) is 0 Å². The Morgan fingerprint density at radius 1 is 1.53 bits per heavy atom. The number of ether oxygens (including phenoxy) is 1. The molecule has 1 aliphatic rings. The Morgan fingerprint density at radius 3 is 2.87 bits per heavy atom. The second-order valence-corrected chi connectivity index (χ2v) is 4.43. The van der Waals surface area contributed by atoms with Gasteiger partial charge in [-0.1, -0.05) is 0 Å². The van der Waals surface area contributed by atoms with Crippen LogP contribution in [0.5, 0.6) is 0 Å². The Labute approximate surface area is 91.8 Å². The van der Waals surface area contributed by atoms with Gasteiger partial charge in [0.1, 0.15) is 0 Å². The van der Waals surface area contributed by atoms with Gasteiger partial charge in [0.25, 0.3) is 0 Å². The van der Waals surface area contributed by atoms with Crippen molar-refractivity contribution in [2.45, 2.75) is 38.1 Å². The lowest BCUT2D eigenvalue weighted by molar-refractivity contribution is -0.131. The van der Waals surface area contributed by atoms with Crippen molar-refractivity contribution in [1.29, 1.82) is 0 Å². The van der Waals surface area contributed by atoms with E-state index in [-0.39, 0.29) is 5.91 Å². The van der Waals surface area contributed by atoms with Crippen LogP contribution in [0.25, 0.3) is 0 Å².